The van der Waals surface area contributed by atoms with Gasteiger partial charge in [-0.3, -0.25) is 9.59 Å². The molecule has 2 amide bonds. The van der Waals surface area contributed by atoms with E-state index >= 15 is 0 Å². The van der Waals surface area contributed by atoms with Gasteiger partial charge in [0, 0.05) is 25.2 Å². The number of carbonyl (C=O) groups excluding carboxylic acids is 2. The summed E-state index contributed by atoms with van der Waals surface area (Å²) in [6.07, 6.45) is 0. The van der Waals surface area contributed by atoms with Gasteiger partial charge in [0.2, 0.25) is 0 Å². The van der Waals surface area contributed by atoms with Crippen LogP contribution in [-0.4, -0.2) is 46.8 Å². The molecule has 2 unspecified atom stereocenters. The number of hydrogen-bond donors (Lipinski definition) is 0. The molecule has 1 heterocycles. The average Bonchev–Trinajstić information content (AvgIpc) is 2.62. The number of hydrogen-bond acceptors (Lipinski definition) is 2. The number of nitrogens with zero attached hydrogens (tertiary/aromatic N) is 2. The van der Waals surface area contributed by atoms with Crippen molar-refractivity contribution in [3.05, 3.63) is 67.6 Å². The first-order valence-electron chi connectivity index (χ1n) is 8.72. The molecule has 0 N–H and O–H groups in total. The zero-order valence-corrected chi connectivity index (χ0v) is 18.3. The molecule has 2 atom stereocenters. The summed E-state index contributed by atoms with van der Waals surface area (Å²) in [5, 5.41) is 1.22. The first kappa shape index (κ1) is 21.3. The second-order valence-corrected chi connectivity index (χ2v) is 8.44. The average molecular weight is 460 g/mol. The van der Waals surface area contributed by atoms with Crippen LogP contribution in [0.4, 0.5) is 0 Å². The maximum absolute atomic E-state index is 13.1. The van der Waals surface area contributed by atoms with Crippen LogP contribution in [0.2, 0.25) is 20.1 Å². The maximum Gasteiger partial charge on any atom is 0.257 e. The van der Waals surface area contributed by atoms with E-state index in [-0.39, 0.29) is 35.0 Å². The van der Waals surface area contributed by atoms with Crippen molar-refractivity contribution in [2.75, 3.05) is 13.1 Å². The fourth-order valence-electron chi connectivity index (χ4n) is 3.38. The van der Waals surface area contributed by atoms with Crippen molar-refractivity contribution in [1.29, 1.82) is 0 Å². The largest absolute Gasteiger partial charge is 0.332 e. The molecule has 148 valence electrons. The van der Waals surface area contributed by atoms with Gasteiger partial charge in [0.25, 0.3) is 11.8 Å². The van der Waals surface area contributed by atoms with Gasteiger partial charge in [-0.1, -0.05) is 58.5 Å². The number of amides is 2. The summed E-state index contributed by atoms with van der Waals surface area (Å²) in [5.74, 6) is -0.504. The minimum Gasteiger partial charge on any atom is -0.332 e. The lowest BCUT2D eigenvalue weighted by Gasteiger charge is -2.44. The highest BCUT2D eigenvalue weighted by Crippen LogP contribution is 2.30. The molecular weight excluding hydrogens is 442 g/mol. The first-order chi connectivity index (χ1) is 13.2. The number of piperazine rings is 1. The number of halogens is 4. The molecule has 0 bridgehead atoms. The molecule has 1 aliphatic rings. The van der Waals surface area contributed by atoms with Crippen molar-refractivity contribution in [3.63, 3.8) is 0 Å². The SMILES string of the molecule is CC1CN(C(=O)c2c(Cl)cccc2Cl)C(C)CN1C(=O)c1c(Cl)cccc1Cl. The molecule has 0 aromatic heterocycles. The van der Waals surface area contributed by atoms with Gasteiger partial charge in [-0.05, 0) is 38.1 Å². The Hall–Kier alpha value is -1.46. The predicted octanol–water partition coefficient (Wildman–Crippen LogP) is 5.68. The summed E-state index contributed by atoms with van der Waals surface area (Å²) in [7, 11) is 0. The standard InChI is InChI=1S/C20H18Cl4N2O2/c1-11-9-26(20(28)18-15(23)7-4-8-16(18)24)12(2)10-25(11)19(27)17-13(21)5-3-6-14(17)22/h3-8,11-12H,9-10H2,1-2H3. The Morgan fingerprint density at radius 1 is 0.714 bits per heavy atom. The van der Waals surface area contributed by atoms with Crippen LogP contribution < -0.4 is 0 Å². The minimum atomic E-state index is -0.252. The fraction of sp³-hybridized carbons (Fsp3) is 0.300. The highest BCUT2D eigenvalue weighted by Gasteiger charge is 2.37. The Labute approximate surface area is 183 Å². The minimum absolute atomic E-state index is 0.235. The van der Waals surface area contributed by atoms with Gasteiger partial charge < -0.3 is 9.80 Å². The summed E-state index contributed by atoms with van der Waals surface area (Å²) in [6, 6.07) is 9.45. The van der Waals surface area contributed by atoms with E-state index in [9.17, 15) is 9.59 Å². The van der Waals surface area contributed by atoms with E-state index in [0.717, 1.165) is 0 Å². The van der Waals surface area contributed by atoms with Crippen LogP contribution in [0.25, 0.3) is 0 Å². The molecule has 8 heteroatoms. The smallest absolute Gasteiger partial charge is 0.257 e. The van der Waals surface area contributed by atoms with E-state index in [1.165, 1.54) is 0 Å². The van der Waals surface area contributed by atoms with Crippen LogP contribution in [0.15, 0.2) is 36.4 Å². The summed E-state index contributed by atoms with van der Waals surface area (Å²) in [5.41, 5.74) is 0.553. The molecule has 1 fully saturated rings. The molecule has 28 heavy (non-hydrogen) atoms. The summed E-state index contributed by atoms with van der Waals surface area (Å²) < 4.78 is 0. The molecule has 2 aromatic carbocycles. The zero-order chi connectivity index (χ0) is 20.6. The van der Waals surface area contributed by atoms with Gasteiger partial charge in [0.15, 0.2) is 0 Å². The van der Waals surface area contributed by atoms with Crippen LogP contribution in [0, 0.1) is 0 Å². The first-order valence-corrected chi connectivity index (χ1v) is 10.2. The van der Waals surface area contributed by atoms with E-state index in [0.29, 0.717) is 33.2 Å². The lowest BCUT2D eigenvalue weighted by Crippen LogP contribution is -2.59. The highest BCUT2D eigenvalue weighted by atomic mass is 35.5. The van der Waals surface area contributed by atoms with Crippen molar-refractivity contribution < 1.29 is 9.59 Å². The van der Waals surface area contributed by atoms with E-state index in [1.807, 2.05) is 13.8 Å². The maximum atomic E-state index is 13.1. The molecule has 4 nitrogen and oxygen atoms in total. The third-order valence-electron chi connectivity index (χ3n) is 4.86. The third kappa shape index (κ3) is 3.97. The Kier molecular flexibility index (Phi) is 6.45. The topological polar surface area (TPSA) is 40.6 Å². The molecule has 0 spiro atoms. The Morgan fingerprint density at radius 2 is 1.00 bits per heavy atom. The lowest BCUT2D eigenvalue weighted by molar-refractivity contribution is 0.0270. The lowest BCUT2D eigenvalue weighted by atomic mass is 10.0. The van der Waals surface area contributed by atoms with Crippen molar-refractivity contribution in [1.82, 2.24) is 9.80 Å². The van der Waals surface area contributed by atoms with Crippen LogP contribution in [0.1, 0.15) is 34.6 Å². The Bertz CT molecular complexity index is 818. The van der Waals surface area contributed by atoms with Crippen LogP contribution in [0.5, 0.6) is 0 Å². The molecule has 1 saturated heterocycles. The summed E-state index contributed by atoms with van der Waals surface area (Å²) in [6.45, 7) is 4.44. The quantitative estimate of drug-likeness (QED) is 0.579. The second kappa shape index (κ2) is 8.50. The normalized spacial score (nSPS) is 19.6. The van der Waals surface area contributed by atoms with Crippen LogP contribution >= 0.6 is 46.4 Å². The van der Waals surface area contributed by atoms with Crippen molar-refractivity contribution >= 4 is 58.2 Å². The van der Waals surface area contributed by atoms with Gasteiger partial charge in [-0.2, -0.15) is 0 Å². The second-order valence-electron chi connectivity index (χ2n) is 6.81. The fourth-order valence-corrected chi connectivity index (χ4v) is 4.50. The number of benzene rings is 2. The Balaban J connectivity index is 1.85. The van der Waals surface area contributed by atoms with Gasteiger partial charge in [-0.15, -0.1) is 0 Å². The van der Waals surface area contributed by atoms with Crippen molar-refractivity contribution in [3.8, 4) is 0 Å². The van der Waals surface area contributed by atoms with Crippen LogP contribution in [0.3, 0.4) is 0 Å². The van der Waals surface area contributed by atoms with E-state index in [1.54, 1.807) is 46.2 Å². The summed E-state index contributed by atoms with van der Waals surface area (Å²) in [4.78, 5) is 29.5. The van der Waals surface area contributed by atoms with Crippen molar-refractivity contribution in [2.45, 2.75) is 25.9 Å². The molecule has 1 aliphatic heterocycles. The zero-order valence-electron chi connectivity index (χ0n) is 15.3. The van der Waals surface area contributed by atoms with Gasteiger partial charge in [-0.25, -0.2) is 0 Å². The summed E-state index contributed by atoms with van der Waals surface area (Å²) >= 11 is 24.8. The molecule has 0 saturated carbocycles. The molecule has 3 rings (SSSR count). The molecule has 0 radical (unpaired) electrons. The monoisotopic (exact) mass is 458 g/mol. The predicted molar refractivity (Wildman–Crippen MR) is 114 cm³/mol. The molecule has 2 aromatic rings. The molecular formula is C20H18Cl4N2O2. The van der Waals surface area contributed by atoms with Crippen molar-refractivity contribution in [2.24, 2.45) is 0 Å². The van der Waals surface area contributed by atoms with E-state index < -0.39 is 0 Å². The number of rotatable bonds is 2. The van der Waals surface area contributed by atoms with E-state index in [2.05, 4.69) is 0 Å². The van der Waals surface area contributed by atoms with Crippen LogP contribution in [-0.2, 0) is 0 Å². The van der Waals surface area contributed by atoms with Gasteiger partial charge >= 0.3 is 0 Å². The highest BCUT2D eigenvalue weighted by molar-refractivity contribution is 6.40. The van der Waals surface area contributed by atoms with E-state index in [4.69, 9.17) is 46.4 Å². The van der Waals surface area contributed by atoms with Gasteiger partial charge in [0.1, 0.15) is 0 Å². The third-order valence-corrected chi connectivity index (χ3v) is 6.12. The van der Waals surface area contributed by atoms with Gasteiger partial charge in [0.05, 0.1) is 31.2 Å². The molecule has 0 aliphatic carbocycles. The Morgan fingerprint density at radius 3 is 1.29 bits per heavy atom. The number of carbonyl (C=O) groups is 2.